The molecule has 192 valence electrons. The van der Waals surface area contributed by atoms with Crippen LogP contribution in [0.1, 0.15) is 42.7 Å². The molecule has 0 aliphatic heterocycles. The van der Waals surface area contributed by atoms with Crippen LogP contribution in [-0.4, -0.2) is 64.5 Å². The Kier molecular flexibility index (Phi) is 8.89. The second-order valence-corrected chi connectivity index (χ2v) is 9.41. The lowest BCUT2D eigenvalue weighted by Crippen LogP contribution is -2.29. The Morgan fingerprint density at radius 3 is 2.81 bits per heavy atom. The molecular weight excluding hydrogens is 460 g/mol. The average molecular weight is 495 g/mol. The molecular formula is C27H34N4O5. The van der Waals surface area contributed by atoms with Crippen LogP contribution < -0.4 is 9.47 Å². The summed E-state index contributed by atoms with van der Waals surface area (Å²) in [5.41, 5.74) is 2.92. The highest BCUT2D eigenvalue weighted by Gasteiger charge is 2.19. The van der Waals surface area contributed by atoms with Gasteiger partial charge in [0.1, 0.15) is 12.4 Å². The molecule has 1 N–H and O–H groups in total. The van der Waals surface area contributed by atoms with Crippen molar-refractivity contribution in [1.29, 1.82) is 0 Å². The van der Waals surface area contributed by atoms with Crippen LogP contribution in [0.2, 0.25) is 0 Å². The maximum Gasteiger partial charge on any atom is 0.317 e. The van der Waals surface area contributed by atoms with Crippen LogP contribution in [0, 0.1) is 12.8 Å². The van der Waals surface area contributed by atoms with Gasteiger partial charge >= 0.3 is 5.97 Å². The van der Waals surface area contributed by atoms with Gasteiger partial charge in [-0.1, -0.05) is 30.1 Å². The SMILES string of the molecule is Cc1cc(CCc2nc(-c3cccnc3OCC3CCCC3)no2)ccc1OCCN(C)CC(=O)O. The van der Waals surface area contributed by atoms with Gasteiger partial charge in [0.25, 0.3) is 0 Å². The first-order valence-corrected chi connectivity index (χ1v) is 12.5. The molecule has 0 amide bonds. The summed E-state index contributed by atoms with van der Waals surface area (Å²) in [5, 5.41) is 13.0. The Labute approximate surface area is 211 Å². The number of carboxylic acid groups (broad SMARTS) is 1. The highest BCUT2D eigenvalue weighted by atomic mass is 16.5. The number of ether oxygens (including phenoxy) is 2. The predicted molar refractivity (Wildman–Crippen MR) is 134 cm³/mol. The van der Waals surface area contributed by atoms with Gasteiger partial charge in [-0.3, -0.25) is 9.69 Å². The van der Waals surface area contributed by atoms with Gasteiger partial charge in [0.15, 0.2) is 0 Å². The molecule has 1 fully saturated rings. The van der Waals surface area contributed by atoms with E-state index in [4.69, 9.17) is 19.1 Å². The van der Waals surface area contributed by atoms with Gasteiger partial charge in [0.2, 0.25) is 17.6 Å². The molecule has 1 saturated carbocycles. The zero-order valence-electron chi connectivity index (χ0n) is 21.0. The fourth-order valence-corrected chi connectivity index (χ4v) is 4.42. The van der Waals surface area contributed by atoms with Crippen LogP contribution in [0.5, 0.6) is 11.6 Å². The minimum Gasteiger partial charge on any atom is -0.492 e. The number of hydrogen-bond acceptors (Lipinski definition) is 8. The minimum absolute atomic E-state index is 0.00570. The number of carboxylic acids is 1. The molecule has 1 aromatic carbocycles. The van der Waals surface area contributed by atoms with Crippen LogP contribution in [-0.2, 0) is 17.6 Å². The molecule has 0 atom stereocenters. The van der Waals surface area contributed by atoms with Crippen molar-refractivity contribution < 1.29 is 23.9 Å². The van der Waals surface area contributed by atoms with Crippen molar-refractivity contribution in [1.82, 2.24) is 20.0 Å². The molecule has 0 bridgehead atoms. The van der Waals surface area contributed by atoms with E-state index in [0.717, 1.165) is 28.9 Å². The van der Waals surface area contributed by atoms with Gasteiger partial charge in [0, 0.05) is 19.2 Å². The number of pyridine rings is 1. The van der Waals surface area contributed by atoms with Gasteiger partial charge in [0.05, 0.1) is 18.7 Å². The number of rotatable bonds is 13. The van der Waals surface area contributed by atoms with Crippen LogP contribution in [0.25, 0.3) is 11.4 Å². The van der Waals surface area contributed by atoms with Crippen LogP contribution in [0.15, 0.2) is 41.1 Å². The monoisotopic (exact) mass is 494 g/mol. The molecule has 0 saturated heterocycles. The largest absolute Gasteiger partial charge is 0.492 e. The van der Waals surface area contributed by atoms with E-state index in [1.54, 1.807) is 18.1 Å². The molecule has 2 heterocycles. The number of hydrogen-bond donors (Lipinski definition) is 1. The summed E-state index contributed by atoms with van der Waals surface area (Å²) < 4.78 is 17.4. The summed E-state index contributed by atoms with van der Waals surface area (Å²) in [6.07, 6.45) is 8.07. The van der Waals surface area contributed by atoms with E-state index in [-0.39, 0.29) is 6.54 Å². The van der Waals surface area contributed by atoms with Gasteiger partial charge in [-0.05, 0) is 68.5 Å². The molecule has 9 heteroatoms. The lowest BCUT2D eigenvalue weighted by molar-refractivity contribution is -0.138. The molecule has 3 aromatic rings. The van der Waals surface area contributed by atoms with Crippen molar-refractivity contribution in [3.8, 4) is 23.0 Å². The van der Waals surface area contributed by atoms with Crippen molar-refractivity contribution >= 4 is 5.97 Å². The average Bonchev–Trinajstić information content (AvgIpc) is 3.55. The molecule has 0 unspecified atom stereocenters. The summed E-state index contributed by atoms with van der Waals surface area (Å²) >= 11 is 0. The third kappa shape index (κ3) is 7.27. The van der Waals surface area contributed by atoms with Crippen molar-refractivity contribution in [2.75, 3.05) is 33.4 Å². The van der Waals surface area contributed by atoms with Crippen molar-refractivity contribution in [3.05, 3.63) is 53.5 Å². The van der Waals surface area contributed by atoms with Crippen molar-refractivity contribution in [3.63, 3.8) is 0 Å². The fourth-order valence-electron chi connectivity index (χ4n) is 4.42. The number of benzene rings is 1. The van der Waals surface area contributed by atoms with Crippen LogP contribution in [0.3, 0.4) is 0 Å². The van der Waals surface area contributed by atoms with Gasteiger partial charge in [-0.25, -0.2) is 4.98 Å². The van der Waals surface area contributed by atoms with E-state index in [2.05, 4.69) is 21.2 Å². The summed E-state index contributed by atoms with van der Waals surface area (Å²) in [6.45, 7) is 3.63. The minimum atomic E-state index is -0.847. The van der Waals surface area contributed by atoms with Crippen LogP contribution in [0.4, 0.5) is 0 Å². The predicted octanol–water partition coefficient (Wildman–Crippen LogP) is 4.19. The summed E-state index contributed by atoms with van der Waals surface area (Å²) in [4.78, 5) is 21.4. The summed E-state index contributed by atoms with van der Waals surface area (Å²) in [5.74, 6) is 2.16. The molecule has 36 heavy (non-hydrogen) atoms. The number of aryl methyl sites for hydroxylation is 3. The molecule has 1 aliphatic rings. The first kappa shape index (κ1) is 25.6. The Morgan fingerprint density at radius 2 is 2.03 bits per heavy atom. The normalized spacial score (nSPS) is 13.9. The number of aliphatic carboxylic acids is 1. The first-order valence-electron chi connectivity index (χ1n) is 12.5. The Balaban J connectivity index is 1.30. The summed E-state index contributed by atoms with van der Waals surface area (Å²) in [7, 11) is 1.76. The maximum absolute atomic E-state index is 10.8. The van der Waals surface area contributed by atoms with E-state index in [1.807, 2.05) is 31.2 Å². The number of nitrogens with zero attached hydrogens (tertiary/aromatic N) is 4. The molecule has 0 spiro atoms. The standard InChI is InChI=1S/C27H34N4O5/c1-19-16-20(9-11-23(19)34-15-14-31(2)17-25(32)33)10-12-24-29-26(30-36-24)22-8-5-13-28-27(22)35-18-21-6-3-4-7-21/h5,8-9,11,13,16,21H,3-4,6-7,10,12,14-15,17-18H2,1-2H3,(H,32,33). The highest BCUT2D eigenvalue weighted by molar-refractivity contribution is 5.69. The molecule has 4 rings (SSSR count). The molecule has 9 nitrogen and oxygen atoms in total. The van der Waals surface area contributed by atoms with Gasteiger partial charge in [-0.15, -0.1) is 0 Å². The van der Waals surface area contributed by atoms with Crippen LogP contribution >= 0.6 is 0 Å². The smallest absolute Gasteiger partial charge is 0.317 e. The number of aromatic nitrogens is 3. The van der Waals surface area contributed by atoms with E-state index >= 15 is 0 Å². The number of carbonyl (C=O) groups is 1. The van der Waals surface area contributed by atoms with Gasteiger partial charge < -0.3 is 19.1 Å². The van der Waals surface area contributed by atoms with E-state index in [0.29, 0.717) is 49.7 Å². The zero-order valence-corrected chi connectivity index (χ0v) is 21.0. The zero-order chi connectivity index (χ0) is 25.3. The molecule has 0 radical (unpaired) electrons. The van der Waals surface area contributed by atoms with E-state index < -0.39 is 5.97 Å². The molecule has 2 aromatic heterocycles. The third-order valence-corrected chi connectivity index (χ3v) is 6.41. The van der Waals surface area contributed by atoms with E-state index in [1.165, 1.54) is 25.7 Å². The lowest BCUT2D eigenvalue weighted by Gasteiger charge is -2.15. The topological polar surface area (TPSA) is 111 Å². The second-order valence-electron chi connectivity index (χ2n) is 9.41. The summed E-state index contributed by atoms with van der Waals surface area (Å²) in [6, 6.07) is 9.82. The number of likely N-dealkylation sites (N-methyl/N-ethyl adjacent to an activating group) is 1. The van der Waals surface area contributed by atoms with Crippen molar-refractivity contribution in [2.45, 2.75) is 45.4 Å². The quantitative estimate of drug-likeness (QED) is 0.374. The van der Waals surface area contributed by atoms with E-state index in [9.17, 15) is 4.79 Å². The lowest BCUT2D eigenvalue weighted by atomic mass is 10.1. The Morgan fingerprint density at radius 1 is 1.19 bits per heavy atom. The Hall–Kier alpha value is -3.46. The maximum atomic E-state index is 10.8. The highest BCUT2D eigenvalue weighted by Crippen LogP contribution is 2.29. The van der Waals surface area contributed by atoms with Crippen molar-refractivity contribution in [2.24, 2.45) is 5.92 Å². The fraction of sp³-hybridized carbons (Fsp3) is 0.481. The molecule has 1 aliphatic carbocycles. The second kappa shape index (κ2) is 12.5. The Bertz CT molecular complexity index is 1140. The third-order valence-electron chi connectivity index (χ3n) is 6.41. The first-order chi connectivity index (χ1) is 17.5. The van der Waals surface area contributed by atoms with Gasteiger partial charge in [-0.2, -0.15) is 4.98 Å².